The number of ether oxygens (including phenoxy) is 1. The zero-order valence-electron chi connectivity index (χ0n) is 11.7. The summed E-state index contributed by atoms with van der Waals surface area (Å²) >= 11 is 0. The van der Waals surface area contributed by atoms with E-state index in [1.807, 2.05) is 24.0 Å². The number of rotatable bonds is 4. The van der Waals surface area contributed by atoms with Crippen LogP contribution in [0.3, 0.4) is 0 Å². The smallest absolute Gasteiger partial charge is 0.309 e. The summed E-state index contributed by atoms with van der Waals surface area (Å²) in [7, 11) is 0. The number of likely N-dealkylation sites (tertiary alicyclic amines) is 1. The van der Waals surface area contributed by atoms with Crippen LogP contribution in [0.1, 0.15) is 25.3 Å². The highest BCUT2D eigenvalue weighted by atomic mass is 16.5. The maximum absolute atomic E-state index is 12.2. The minimum Gasteiger partial charge on any atom is -0.466 e. The molecule has 2 rings (SSSR count). The molecule has 1 aliphatic heterocycles. The maximum atomic E-state index is 12.2. The highest BCUT2D eigenvalue weighted by Crippen LogP contribution is 2.19. The molecule has 2 heterocycles. The largest absolute Gasteiger partial charge is 0.466 e. The number of piperidine rings is 1. The van der Waals surface area contributed by atoms with Gasteiger partial charge in [-0.15, -0.1) is 0 Å². The number of hydrogen-bond acceptors (Lipinski definition) is 4. The lowest BCUT2D eigenvalue weighted by Gasteiger charge is -2.31. The fraction of sp³-hybridized carbons (Fsp3) is 0.533. The fourth-order valence-electron chi connectivity index (χ4n) is 2.41. The van der Waals surface area contributed by atoms with Crippen LogP contribution in [0.15, 0.2) is 24.5 Å². The molecule has 0 aliphatic carbocycles. The molecular formula is C15H20N2O3. The molecule has 1 fully saturated rings. The molecule has 5 heteroatoms. The Labute approximate surface area is 118 Å². The first kappa shape index (κ1) is 14.5. The molecule has 108 valence electrons. The summed E-state index contributed by atoms with van der Waals surface area (Å²) in [5.74, 6) is -0.0930. The standard InChI is InChI=1S/C15H20N2O3/c1-2-20-15(19)13-5-8-17(9-6-13)14(18)10-12-4-3-7-16-11-12/h3-4,7,11,13H,2,5-6,8-10H2,1H3. The van der Waals surface area contributed by atoms with Gasteiger partial charge in [0.2, 0.25) is 5.91 Å². The Hall–Kier alpha value is -1.91. The number of nitrogens with zero attached hydrogens (tertiary/aromatic N) is 2. The summed E-state index contributed by atoms with van der Waals surface area (Å²) in [5.41, 5.74) is 0.921. The number of esters is 1. The van der Waals surface area contributed by atoms with Gasteiger partial charge in [0.05, 0.1) is 18.9 Å². The van der Waals surface area contributed by atoms with E-state index in [0.29, 0.717) is 39.0 Å². The van der Waals surface area contributed by atoms with Crippen molar-refractivity contribution in [2.75, 3.05) is 19.7 Å². The topological polar surface area (TPSA) is 59.5 Å². The summed E-state index contributed by atoms with van der Waals surface area (Å²) in [6.45, 7) is 3.48. The highest BCUT2D eigenvalue weighted by molar-refractivity contribution is 5.79. The van der Waals surface area contributed by atoms with Gasteiger partial charge >= 0.3 is 5.97 Å². The van der Waals surface area contributed by atoms with Gasteiger partial charge in [-0.25, -0.2) is 0 Å². The van der Waals surface area contributed by atoms with E-state index < -0.39 is 0 Å². The van der Waals surface area contributed by atoms with Gasteiger partial charge < -0.3 is 9.64 Å². The number of amides is 1. The van der Waals surface area contributed by atoms with E-state index in [-0.39, 0.29) is 17.8 Å². The van der Waals surface area contributed by atoms with Gasteiger partial charge in [0.25, 0.3) is 0 Å². The van der Waals surface area contributed by atoms with Gasteiger partial charge in [0.1, 0.15) is 0 Å². The summed E-state index contributed by atoms with van der Waals surface area (Å²) in [6, 6.07) is 3.73. The van der Waals surface area contributed by atoms with E-state index in [9.17, 15) is 9.59 Å². The molecule has 0 atom stereocenters. The molecule has 0 bridgehead atoms. The zero-order chi connectivity index (χ0) is 14.4. The Morgan fingerprint density at radius 2 is 2.15 bits per heavy atom. The molecule has 0 saturated carbocycles. The summed E-state index contributed by atoms with van der Waals surface area (Å²) in [5, 5.41) is 0. The predicted molar refractivity (Wildman–Crippen MR) is 73.9 cm³/mol. The molecule has 20 heavy (non-hydrogen) atoms. The number of carbonyl (C=O) groups is 2. The quantitative estimate of drug-likeness (QED) is 0.780. The fourth-order valence-corrected chi connectivity index (χ4v) is 2.41. The first-order valence-electron chi connectivity index (χ1n) is 7.04. The summed E-state index contributed by atoms with van der Waals surface area (Å²) in [4.78, 5) is 29.6. The van der Waals surface area contributed by atoms with Crippen LogP contribution in [0.4, 0.5) is 0 Å². The molecule has 1 aliphatic rings. The Morgan fingerprint density at radius 3 is 2.75 bits per heavy atom. The Morgan fingerprint density at radius 1 is 1.40 bits per heavy atom. The van der Waals surface area contributed by atoms with E-state index in [2.05, 4.69) is 4.98 Å². The Bertz CT molecular complexity index is 453. The van der Waals surface area contributed by atoms with Gasteiger partial charge in [0.15, 0.2) is 0 Å². The maximum Gasteiger partial charge on any atom is 0.309 e. The van der Waals surface area contributed by atoms with Crippen molar-refractivity contribution in [1.29, 1.82) is 0 Å². The monoisotopic (exact) mass is 276 g/mol. The van der Waals surface area contributed by atoms with E-state index >= 15 is 0 Å². The van der Waals surface area contributed by atoms with Crippen molar-refractivity contribution >= 4 is 11.9 Å². The minimum absolute atomic E-state index is 0.0580. The Balaban J connectivity index is 1.81. The molecule has 1 saturated heterocycles. The molecule has 1 aromatic rings. The normalized spacial score (nSPS) is 15.9. The van der Waals surface area contributed by atoms with Crippen molar-refractivity contribution in [1.82, 2.24) is 9.88 Å². The number of hydrogen-bond donors (Lipinski definition) is 0. The molecule has 0 radical (unpaired) electrons. The average Bonchev–Trinajstić information content (AvgIpc) is 2.48. The highest BCUT2D eigenvalue weighted by Gasteiger charge is 2.27. The lowest BCUT2D eigenvalue weighted by molar-refractivity contribution is -0.151. The molecule has 1 amide bonds. The number of pyridine rings is 1. The van der Waals surface area contributed by atoms with Crippen molar-refractivity contribution in [3.8, 4) is 0 Å². The first-order valence-corrected chi connectivity index (χ1v) is 7.04. The second kappa shape index (κ2) is 7.03. The van der Waals surface area contributed by atoms with Crippen molar-refractivity contribution in [3.05, 3.63) is 30.1 Å². The Kier molecular flexibility index (Phi) is 5.09. The van der Waals surface area contributed by atoms with Crippen LogP contribution in [-0.4, -0.2) is 41.5 Å². The average molecular weight is 276 g/mol. The second-order valence-electron chi connectivity index (χ2n) is 4.95. The van der Waals surface area contributed by atoms with E-state index in [0.717, 1.165) is 5.56 Å². The predicted octanol–water partition coefficient (Wildman–Crippen LogP) is 1.43. The van der Waals surface area contributed by atoms with Crippen molar-refractivity contribution < 1.29 is 14.3 Å². The van der Waals surface area contributed by atoms with Crippen LogP contribution < -0.4 is 0 Å². The van der Waals surface area contributed by atoms with E-state index in [4.69, 9.17) is 4.74 Å². The van der Waals surface area contributed by atoms with Crippen molar-refractivity contribution in [2.45, 2.75) is 26.2 Å². The van der Waals surface area contributed by atoms with Crippen LogP contribution in [-0.2, 0) is 20.7 Å². The van der Waals surface area contributed by atoms with E-state index in [1.54, 1.807) is 12.4 Å². The van der Waals surface area contributed by atoms with E-state index in [1.165, 1.54) is 0 Å². The lowest BCUT2D eigenvalue weighted by Crippen LogP contribution is -2.41. The SMILES string of the molecule is CCOC(=O)C1CCN(C(=O)Cc2cccnc2)CC1. The number of aromatic nitrogens is 1. The van der Waals surface area contributed by atoms with Gasteiger partial charge in [-0.3, -0.25) is 14.6 Å². The third-order valence-electron chi connectivity index (χ3n) is 3.55. The molecule has 0 spiro atoms. The van der Waals surface area contributed by atoms with Crippen LogP contribution in [0.25, 0.3) is 0 Å². The van der Waals surface area contributed by atoms with Crippen molar-refractivity contribution in [3.63, 3.8) is 0 Å². The van der Waals surface area contributed by atoms with Crippen LogP contribution in [0, 0.1) is 5.92 Å². The van der Waals surface area contributed by atoms with Gasteiger partial charge in [0, 0.05) is 25.5 Å². The molecule has 1 aromatic heterocycles. The molecule has 0 unspecified atom stereocenters. The second-order valence-corrected chi connectivity index (χ2v) is 4.95. The summed E-state index contributed by atoms with van der Waals surface area (Å²) in [6.07, 6.45) is 5.16. The molecule has 0 aromatic carbocycles. The van der Waals surface area contributed by atoms with Gasteiger partial charge in [-0.1, -0.05) is 6.07 Å². The number of carbonyl (C=O) groups excluding carboxylic acids is 2. The van der Waals surface area contributed by atoms with Gasteiger partial charge in [-0.05, 0) is 31.4 Å². The lowest BCUT2D eigenvalue weighted by atomic mass is 9.96. The molecule has 0 N–H and O–H groups in total. The minimum atomic E-state index is -0.133. The van der Waals surface area contributed by atoms with Crippen molar-refractivity contribution in [2.24, 2.45) is 5.92 Å². The van der Waals surface area contributed by atoms with Crippen LogP contribution in [0.5, 0.6) is 0 Å². The summed E-state index contributed by atoms with van der Waals surface area (Å²) < 4.78 is 5.02. The van der Waals surface area contributed by atoms with Gasteiger partial charge in [-0.2, -0.15) is 0 Å². The van der Waals surface area contributed by atoms with Crippen LogP contribution in [0.2, 0.25) is 0 Å². The third-order valence-corrected chi connectivity index (χ3v) is 3.55. The zero-order valence-corrected chi connectivity index (χ0v) is 11.7. The third kappa shape index (κ3) is 3.79. The molecule has 5 nitrogen and oxygen atoms in total. The van der Waals surface area contributed by atoms with Crippen LogP contribution >= 0.6 is 0 Å². The first-order chi connectivity index (χ1) is 9.70. The molecular weight excluding hydrogens is 256 g/mol.